The second kappa shape index (κ2) is 10.4. The van der Waals surface area contributed by atoms with E-state index in [4.69, 9.17) is 14.5 Å². The van der Waals surface area contributed by atoms with Gasteiger partial charge in [-0.2, -0.15) is 0 Å². The molecule has 0 radical (unpaired) electrons. The highest BCUT2D eigenvalue weighted by molar-refractivity contribution is 5.93. The van der Waals surface area contributed by atoms with E-state index in [-0.39, 0.29) is 36.0 Å². The van der Waals surface area contributed by atoms with Crippen molar-refractivity contribution in [1.82, 2.24) is 14.9 Å². The number of nitrogens with one attached hydrogen (secondary N) is 1. The second-order valence-electron chi connectivity index (χ2n) is 9.43. The van der Waals surface area contributed by atoms with Crippen LogP contribution in [0.4, 0.5) is 4.39 Å². The van der Waals surface area contributed by atoms with E-state index in [1.54, 1.807) is 24.5 Å². The van der Waals surface area contributed by atoms with Gasteiger partial charge in [-0.25, -0.2) is 14.2 Å². The maximum atomic E-state index is 14.8. The van der Waals surface area contributed by atoms with Gasteiger partial charge in [0.1, 0.15) is 18.7 Å². The Hall–Kier alpha value is -3.43. The molecule has 3 aliphatic rings. The summed E-state index contributed by atoms with van der Waals surface area (Å²) < 4.78 is 21.5. The fraction of sp³-hybridized carbons (Fsp3) is 0.448. The topological polar surface area (TPSA) is 111 Å². The standard InChI is InChI=1S/C25H24FN3O4.C2H4O.C2H6/c1-4-25(32)15-7-19-22-13(9-29(19)23(30)14(15)10-33-24(25)31)21-17(27-3)6-5-12-11(2)16(26)8-18(28-22)20(12)21;1-2-3;1-2/h7-8,17,27,32H,4-6,9-10H2,1-3H3;2H,1H3;1-2H3. The molecular weight excluding hydrogens is 489 g/mol. The summed E-state index contributed by atoms with van der Waals surface area (Å²) in [6.07, 6.45) is 2.41. The van der Waals surface area contributed by atoms with Crippen LogP contribution in [0.3, 0.4) is 0 Å². The highest BCUT2D eigenvalue weighted by atomic mass is 19.1. The average molecular weight is 524 g/mol. The average Bonchev–Trinajstić information content (AvgIpc) is 3.30. The fourth-order valence-electron chi connectivity index (χ4n) is 5.84. The first-order valence-corrected chi connectivity index (χ1v) is 13.1. The molecule has 38 heavy (non-hydrogen) atoms. The van der Waals surface area contributed by atoms with Gasteiger partial charge in [-0.05, 0) is 62.9 Å². The summed E-state index contributed by atoms with van der Waals surface area (Å²) in [5.41, 5.74) is 3.71. The number of carbonyl (C=O) groups excluding carboxylic acids is 2. The molecule has 0 fully saturated rings. The first-order chi connectivity index (χ1) is 18.2. The summed E-state index contributed by atoms with van der Waals surface area (Å²) in [7, 11) is 1.90. The van der Waals surface area contributed by atoms with Crippen LogP contribution < -0.4 is 10.9 Å². The molecule has 9 heteroatoms. The summed E-state index contributed by atoms with van der Waals surface area (Å²) in [5.74, 6) is -1.04. The summed E-state index contributed by atoms with van der Waals surface area (Å²) in [5, 5.41) is 15.4. The Morgan fingerprint density at radius 1 is 1.26 bits per heavy atom. The van der Waals surface area contributed by atoms with Crippen LogP contribution in [0.1, 0.15) is 80.0 Å². The minimum absolute atomic E-state index is 0.0544. The number of carbonyl (C=O) groups is 2. The Kier molecular flexibility index (Phi) is 7.54. The van der Waals surface area contributed by atoms with Gasteiger partial charge >= 0.3 is 5.97 Å². The zero-order chi connectivity index (χ0) is 27.9. The number of hydrogen-bond acceptors (Lipinski definition) is 7. The van der Waals surface area contributed by atoms with Gasteiger partial charge in [0.05, 0.1) is 29.0 Å². The minimum Gasteiger partial charge on any atom is -0.458 e. The molecule has 3 aromatic rings. The van der Waals surface area contributed by atoms with E-state index in [1.807, 2.05) is 20.9 Å². The predicted octanol–water partition coefficient (Wildman–Crippen LogP) is 3.97. The maximum absolute atomic E-state index is 14.8. The van der Waals surface area contributed by atoms with Crippen molar-refractivity contribution in [2.24, 2.45) is 0 Å². The fourth-order valence-corrected chi connectivity index (χ4v) is 5.84. The van der Waals surface area contributed by atoms with E-state index in [0.29, 0.717) is 34.6 Å². The zero-order valence-electron chi connectivity index (χ0n) is 22.7. The van der Waals surface area contributed by atoms with Crippen molar-refractivity contribution < 1.29 is 23.8 Å². The number of cyclic esters (lactones) is 1. The molecule has 2 N–H and O–H groups in total. The van der Waals surface area contributed by atoms with Crippen molar-refractivity contribution >= 4 is 23.2 Å². The van der Waals surface area contributed by atoms with Gasteiger partial charge in [-0.3, -0.25) is 4.79 Å². The van der Waals surface area contributed by atoms with Gasteiger partial charge in [0, 0.05) is 28.6 Å². The number of pyridine rings is 2. The molecule has 0 saturated heterocycles. The van der Waals surface area contributed by atoms with Crippen molar-refractivity contribution in [2.45, 2.75) is 78.7 Å². The van der Waals surface area contributed by atoms with E-state index >= 15 is 0 Å². The minimum atomic E-state index is -1.87. The molecule has 2 aliphatic heterocycles. The predicted molar refractivity (Wildman–Crippen MR) is 142 cm³/mol. The normalized spacial score (nSPS) is 20.2. The van der Waals surface area contributed by atoms with E-state index in [1.165, 1.54) is 13.0 Å². The Morgan fingerprint density at radius 3 is 2.58 bits per heavy atom. The van der Waals surface area contributed by atoms with E-state index in [9.17, 15) is 19.1 Å². The van der Waals surface area contributed by atoms with Crippen LogP contribution in [0.5, 0.6) is 0 Å². The van der Waals surface area contributed by atoms with E-state index in [2.05, 4.69) is 5.32 Å². The molecule has 6 rings (SSSR count). The van der Waals surface area contributed by atoms with Crippen molar-refractivity contribution in [1.29, 1.82) is 0 Å². The van der Waals surface area contributed by atoms with Crippen LogP contribution in [-0.4, -0.2) is 34.0 Å². The molecule has 0 saturated carbocycles. The van der Waals surface area contributed by atoms with Crippen molar-refractivity contribution in [2.75, 3.05) is 7.05 Å². The Morgan fingerprint density at radius 2 is 1.95 bits per heavy atom. The lowest BCUT2D eigenvalue weighted by Gasteiger charge is -2.31. The highest BCUT2D eigenvalue weighted by Crippen LogP contribution is 2.45. The molecule has 0 spiro atoms. The lowest BCUT2D eigenvalue weighted by Crippen LogP contribution is -2.44. The van der Waals surface area contributed by atoms with Crippen molar-refractivity contribution in [3.63, 3.8) is 0 Å². The molecule has 8 nitrogen and oxygen atoms in total. The summed E-state index contributed by atoms with van der Waals surface area (Å²) >= 11 is 0. The molecule has 1 aliphatic carbocycles. The number of aryl methyl sites for hydroxylation is 1. The number of rotatable bonds is 2. The molecule has 202 valence electrons. The number of aromatic nitrogens is 2. The third-order valence-electron chi connectivity index (χ3n) is 7.73. The Bertz CT molecular complexity index is 1510. The number of aliphatic hydroxyl groups is 1. The Balaban J connectivity index is 0.000000630. The summed E-state index contributed by atoms with van der Waals surface area (Å²) in [6, 6.07) is 3.22. The molecule has 1 aromatic carbocycles. The summed E-state index contributed by atoms with van der Waals surface area (Å²) in [4.78, 5) is 39.5. The molecule has 2 aromatic heterocycles. The first-order valence-electron chi connectivity index (χ1n) is 13.1. The molecule has 0 bridgehead atoms. The third-order valence-corrected chi connectivity index (χ3v) is 7.73. The van der Waals surface area contributed by atoms with Gasteiger partial charge in [0.2, 0.25) is 0 Å². The number of halogens is 1. The smallest absolute Gasteiger partial charge is 0.343 e. The van der Waals surface area contributed by atoms with Crippen LogP contribution in [0, 0.1) is 12.7 Å². The van der Waals surface area contributed by atoms with Crippen LogP contribution in [-0.2, 0) is 39.5 Å². The molecule has 4 heterocycles. The molecular formula is C29H34FN3O5. The highest BCUT2D eigenvalue weighted by Gasteiger charge is 2.45. The lowest BCUT2D eigenvalue weighted by atomic mass is 9.81. The number of aldehydes is 1. The Labute approximate surface area is 220 Å². The quantitative estimate of drug-likeness (QED) is 0.302. The zero-order valence-corrected chi connectivity index (χ0v) is 22.7. The first kappa shape index (κ1) is 27.6. The van der Waals surface area contributed by atoms with Crippen molar-refractivity contribution in [3.8, 4) is 11.4 Å². The number of ether oxygens (including phenoxy) is 1. The number of esters is 1. The molecule has 2 atom stereocenters. The lowest BCUT2D eigenvalue weighted by molar-refractivity contribution is -0.172. The summed E-state index contributed by atoms with van der Waals surface area (Å²) in [6.45, 7) is 9.09. The molecule has 2 unspecified atom stereocenters. The van der Waals surface area contributed by atoms with E-state index < -0.39 is 11.6 Å². The molecule has 0 amide bonds. The largest absolute Gasteiger partial charge is 0.458 e. The van der Waals surface area contributed by atoms with Crippen LogP contribution in [0.15, 0.2) is 16.9 Å². The third kappa shape index (κ3) is 3.87. The van der Waals surface area contributed by atoms with Crippen LogP contribution in [0.2, 0.25) is 0 Å². The number of fused-ring (bicyclic) bond motifs is 5. The number of benzene rings is 1. The van der Waals surface area contributed by atoms with Crippen LogP contribution in [0.25, 0.3) is 22.3 Å². The van der Waals surface area contributed by atoms with Gasteiger partial charge in [0.15, 0.2) is 5.60 Å². The van der Waals surface area contributed by atoms with Gasteiger partial charge in [-0.1, -0.05) is 20.8 Å². The second-order valence-corrected chi connectivity index (χ2v) is 9.43. The number of nitrogens with zero attached hydrogens (tertiary/aromatic N) is 2. The van der Waals surface area contributed by atoms with Crippen molar-refractivity contribution in [3.05, 3.63) is 61.7 Å². The van der Waals surface area contributed by atoms with Gasteiger partial charge in [0.25, 0.3) is 5.56 Å². The maximum Gasteiger partial charge on any atom is 0.343 e. The SMILES string of the molecule is CC.CC=O.CCC1(O)C(=O)OCc2c1cc1n(c2=O)Cc2c-1nc1cc(F)c(C)c3c1c2C(NC)CC3. The van der Waals surface area contributed by atoms with Gasteiger partial charge < -0.3 is 24.5 Å². The number of hydrogen-bond donors (Lipinski definition) is 2. The van der Waals surface area contributed by atoms with E-state index in [0.717, 1.165) is 41.2 Å². The van der Waals surface area contributed by atoms with Crippen LogP contribution >= 0.6 is 0 Å². The van der Waals surface area contributed by atoms with Gasteiger partial charge in [-0.15, -0.1) is 0 Å². The monoisotopic (exact) mass is 523 g/mol.